The Bertz CT molecular complexity index is 422. The molecule has 0 saturated heterocycles. The summed E-state index contributed by atoms with van der Waals surface area (Å²) >= 11 is 1.63. The molecule has 4 heteroatoms. The second-order valence-corrected chi connectivity index (χ2v) is 4.91. The Hall–Kier alpha value is -0.970. The van der Waals surface area contributed by atoms with Crippen molar-refractivity contribution in [2.24, 2.45) is 0 Å². The number of para-hydroxylation sites is 1. The first-order valence-corrected chi connectivity index (χ1v) is 6.24. The number of thiazole rings is 1. The Morgan fingerprint density at radius 2 is 2.12 bits per heavy atom. The molecule has 0 aliphatic carbocycles. The van der Waals surface area contributed by atoms with E-state index in [9.17, 15) is 5.11 Å². The van der Waals surface area contributed by atoms with Crippen molar-refractivity contribution in [2.45, 2.75) is 25.4 Å². The van der Waals surface area contributed by atoms with Crippen LogP contribution in [0, 0.1) is 0 Å². The highest BCUT2D eigenvalue weighted by Gasteiger charge is 2.09. The zero-order chi connectivity index (χ0) is 11.4. The quantitative estimate of drug-likeness (QED) is 0.836. The van der Waals surface area contributed by atoms with Crippen LogP contribution in [0.4, 0.5) is 0 Å². The van der Waals surface area contributed by atoms with Crippen LogP contribution in [-0.4, -0.2) is 27.9 Å². The summed E-state index contributed by atoms with van der Waals surface area (Å²) < 4.78 is 1.16. The number of hydrogen-bond acceptors (Lipinski definition) is 4. The number of benzene rings is 1. The maximum absolute atomic E-state index is 9.71. The number of rotatable bonds is 5. The molecular formula is C12H15NO2S. The van der Waals surface area contributed by atoms with Crippen LogP contribution in [0.5, 0.6) is 0 Å². The first kappa shape index (κ1) is 11.5. The average Bonchev–Trinajstić information content (AvgIpc) is 2.68. The number of nitrogens with zero attached hydrogens (tertiary/aromatic N) is 1. The molecule has 2 N–H and O–H groups in total. The molecule has 0 amide bonds. The van der Waals surface area contributed by atoms with Gasteiger partial charge in [0.1, 0.15) is 0 Å². The predicted octanol–water partition coefficient (Wildman–Crippen LogP) is 1.97. The van der Waals surface area contributed by atoms with E-state index in [0.717, 1.165) is 15.2 Å². The van der Waals surface area contributed by atoms with Gasteiger partial charge in [-0.3, -0.25) is 0 Å². The van der Waals surface area contributed by atoms with Crippen LogP contribution >= 0.6 is 11.3 Å². The number of fused-ring (bicyclic) bond motifs is 1. The molecule has 1 aromatic heterocycles. The van der Waals surface area contributed by atoms with Gasteiger partial charge in [-0.2, -0.15) is 0 Å². The maximum atomic E-state index is 9.71. The lowest BCUT2D eigenvalue weighted by Crippen LogP contribution is -2.10. The Kier molecular flexibility index (Phi) is 3.88. The largest absolute Gasteiger partial charge is 0.396 e. The summed E-state index contributed by atoms with van der Waals surface area (Å²) in [5.41, 5.74) is 0.997. The van der Waals surface area contributed by atoms with Crippen molar-refractivity contribution < 1.29 is 10.2 Å². The van der Waals surface area contributed by atoms with Gasteiger partial charge in [-0.1, -0.05) is 12.1 Å². The first-order chi connectivity index (χ1) is 7.79. The zero-order valence-electron chi connectivity index (χ0n) is 8.97. The normalized spacial score (nSPS) is 13.1. The summed E-state index contributed by atoms with van der Waals surface area (Å²) in [6.07, 6.45) is 1.46. The minimum Gasteiger partial charge on any atom is -0.396 e. The molecule has 0 fully saturated rings. The summed E-state index contributed by atoms with van der Waals surface area (Å²) in [5.74, 6) is 0. The summed E-state index contributed by atoms with van der Waals surface area (Å²) in [5, 5.41) is 19.4. The summed E-state index contributed by atoms with van der Waals surface area (Å²) in [4.78, 5) is 4.46. The molecule has 0 aliphatic rings. The Labute approximate surface area is 98.4 Å². The molecular weight excluding hydrogens is 222 g/mol. The lowest BCUT2D eigenvalue weighted by Gasteiger charge is -2.06. The van der Waals surface area contributed by atoms with E-state index in [1.54, 1.807) is 11.3 Å². The molecule has 2 rings (SSSR count). The smallest absolute Gasteiger partial charge is 0.0964 e. The van der Waals surface area contributed by atoms with E-state index in [1.165, 1.54) is 0 Å². The maximum Gasteiger partial charge on any atom is 0.0964 e. The van der Waals surface area contributed by atoms with Gasteiger partial charge >= 0.3 is 0 Å². The van der Waals surface area contributed by atoms with E-state index in [0.29, 0.717) is 19.3 Å². The SMILES string of the molecule is OCCCC(O)Cc1nc2ccccc2s1. The first-order valence-electron chi connectivity index (χ1n) is 5.43. The number of aliphatic hydroxyl groups is 2. The lowest BCUT2D eigenvalue weighted by molar-refractivity contribution is 0.150. The molecule has 16 heavy (non-hydrogen) atoms. The zero-order valence-corrected chi connectivity index (χ0v) is 9.78. The highest BCUT2D eigenvalue weighted by Crippen LogP contribution is 2.22. The van der Waals surface area contributed by atoms with E-state index >= 15 is 0 Å². The highest BCUT2D eigenvalue weighted by molar-refractivity contribution is 7.18. The third-order valence-corrected chi connectivity index (χ3v) is 3.50. The molecule has 1 aromatic carbocycles. The number of aromatic nitrogens is 1. The van der Waals surface area contributed by atoms with Crippen LogP contribution in [0.25, 0.3) is 10.2 Å². The molecule has 0 radical (unpaired) electrons. The minimum absolute atomic E-state index is 0.136. The molecule has 0 bridgehead atoms. The second kappa shape index (κ2) is 5.39. The molecule has 0 aliphatic heterocycles. The molecule has 1 atom stereocenters. The van der Waals surface area contributed by atoms with Crippen LogP contribution in [0.1, 0.15) is 17.8 Å². The van der Waals surface area contributed by atoms with Crippen molar-refractivity contribution in [3.63, 3.8) is 0 Å². The molecule has 3 nitrogen and oxygen atoms in total. The summed E-state index contributed by atoms with van der Waals surface area (Å²) in [6, 6.07) is 7.98. The van der Waals surface area contributed by atoms with Crippen molar-refractivity contribution in [2.75, 3.05) is 6.61 Å². The number of hydrogen-bond donors (Lipinski definition) is 2. The van der Waals surface area contributed by atoms with Gasteiger partial charge in [0.25, 0.3) is 0 Å². The van der Waals surface area contributed by atoms with Gasteiger partial charge in [0.15, 0.2) is 0 Å². The molecule has 86 valence electrons. The Balaban J connectivity index is 2.03. The van der Waals surface area contributed by atoms with Gasteiger partial charge in [0.05, 0.1) is 21.3 Å². The molecule has 0 spiro atoms. The van der Waals surface area contributed by atoms with Gasteiger partial charge in [-0.15, -0.1) is 11.3 Å². The van der Waals surface area contributed by atoms with E-state index < -0.39 is 6.10 Å². The van der Waals surface area contributed by atoms with Crippen LogP contribution in [0.15, 0.2) is 24.3 Å². The fraction of sp³-hybridized carbons (Fsp3) is 0.417. The van der Waals surface area contributed by atoms with Crippen molar-refractivity contribution in [1.82, 2.24) is 4.98 Å². The second-order valence-electron chi connectivity index (χ2n) is 3.80. The third kappa shape index (κ3) is 2.78. The van der Waals surface area contributed by atoms with Crippen LogP contribution < -0.4 is 0 Å². The molecule has 1 unspecified atom stereocenters. The van der Waals surface area contributed by atoms with Gasteiger partial charge < -0.3 is 10.2 Å². The highest BCUT2D eigenvalue weighted by atomic mass is 32.1. The van der Waals surface area contributed by atoms with Crippen molar-refractivity contribution in [3.05, 3.63) is 29.3 Å². The van der Waals surface area contributed by atoms with Crippen LogP contribution in [0.2, 0.25) is 0 Å². The molecule has 0 saturated carbocycles. The van der Waals surface area contributed by atoms with Gasteiger partial charge in [-0.25, -0.2) is 4.98 Å². The minimum atomic E-state index is -0.396. The van der Waals surface area contributed by atoms with Crippen LogP contribution in [0.3, 0.4) is 0 Å². The fourth-order valence-corrected chi connectivity index (χ4v) is 2.68. The van der Waals surface area contributed by atoms with Crippen molar-refractivity contribution >= 4 is 21.6 Å². The Morgan fingerprint density at radius 3 is 2.88 bits per heavy atom. The number of aliphatic hydroxyl groups excluding tert-OH is 2. The Morgan fingerprint density at radius 1 is 1.31 bits per heavy atom. The summed E-state index contributed by atoms with van der Waals surface area (Å²) in [6.45, 7) is 0.136. The molecule has 1 heterocycles. The molecule has 2 aromatic rings. The third-order valence-electron chi connectivity index (χ3n) is 2.44. The van der Waals surface area contributed by atoms with Crippen LogP contribution in [-0.2, 0) is 6.42 Å². The van der Waals surface area contributed by atoms with Gasteiger partial charge in [0.2, 0.25) is 0 Å². The van der Waals surface area contributed by atoms with Crippen molar-refractivity contribution in [3.8, 4) is 0 Å². The van der Waals surface area contributed by atoms with Gasteiger partial charge in [-0.05, 0) is 25.0 Å². The van der Waals surface area contributed by atoms with E-state index in [-0.39, 0.29) is 6.61 Å². The monoisotopic (exact) mass is 237 g/mol. The predicted molar refractivity (Wildman–Crippen MR) is 65.7 cm³/mol. The fourth-order valence-electron chi connectivity index (χ4n) is 1.64. The standard InChI is InChI=1S/C12H15NO2S/c14-7-3-4-9(15)8-12-13-10-5-1-2-6-11(10)16-12/h1-2,5-6,9,14-15H,3-4,7-8H2. The van der Waals surface area contributed by atoms with E-state index in [1.807, 2.05) is 24.3 Å². The van der Waals surface area contributed by atoms with E-state index in [4.69, 9.17) is 5.11 Å². The summed E-state index contributed by atoms with van der Waals surface area (Å²) in [7, 11) is 0. The topological polar surface area (TPSA) is 53.4 Å². The van der Waals surface area contributed by atoms with E-state index in [2.05, 4.69) is 4.98 Å². The van der Waals surface area contributed by atoms with Gasteiger partial charge in [0, 0.05) is 13.0 Å². The van der Waals surface area contributed by atoms with Crippen molar-refractivity contribution in [1.29, 1.82) is 0 Å². The average molecular weight is 237 g/mol. The lowest BCUT2D eigenvalue weighted by atomic mass is 10.1.